The molecule has 8 heteroatoms. The second-order valence-electron chi connectivity index (χ2n) is 5.66. The van der Waals surface area contributed by atoms with Crippen molar-refractivity contribution in [3.05, 3.63) is 34.7 Å². The first-order valence-electron chi connectivity index (χ1n) is 7.28. The molecule has 1 fully saturated rings. The Morgan fingerprint density at radius 3 is 2.70 bits per heavy atom. The first kappa shape index (κ1) is 16.7. The van der Waals surface area contributed by atoms with E-state index in [4.69, 9.17) is 11.6 Å². The Morgan fingerprint density at radius 2 is 2.04 bits per heavy atom. The minimum atomic E-state index is -3.15. The third-order valence-electron chi connectivity index (χ3n) is 3.90. The molecule has 1 aromatic heterocycles. The fourth-order valence-corrected chi connectivity index (χ4v) is 5.04. The highest BCUT2D eigenvalue weighted by atomic mass is 35.5. The van der Waals surface area contributed by atoms with Gasteiger partial charge in [-0.15, -0.1) is 11.3 Å². The van der Waals surface area contributed by atoms with Gasteiger partial charge in [0.05, 0.1) is 11.9 Å². The van der Waals surface area contributed by atoms with Gasteiger partial charge in [-0.2, -0.15) is 4.31 Å². The minimum absolute atomic E-state index is 0.0635. The van der Waals surface area contributed by atoms with Crippen LogP contribution in [-0.4, -0.2) is 49.6 Å². The lowest BCUT2D eigenvalue weighted by molar-refractivity contribution is 0.309. The van der Waals surface area contributed by atoms with E-state index in [9.17, 15) is 8.42 Å². The number of hydrogen-bond acceptors (Lipinski definition) is 5. The number of hydrogen-bond donors (Lipinski definition) is 0. The number of thiazole rings is 1. The number of anilines is 1. The van der Waals surface area contributed by atoms with Crippen LogP contribution in [0.5, 0.6) is 0 Å². The molecule has 2 heterocycles. The average Bonchev–Trinajstić information content (AvgIpc) is 2.96. The van der Waals surface area contributed by atoms with Gasteiger partial charge in [0.1, 0.15) is 0 Å². The maximum absolute atomic E-state index is 11.7. The van der Waals surface area contributed by atoms with Crippen molar-refractivity contribution in [2.24, 2.45) is 0 Å². The van der Waals surface area contributed by atoms with Gasteiger partial charge in [0.25, 0.3) is 0 Å². The molecule has 0 saturated carbocycles. The SMILES string of the molecule is C[C@H]1CN(c2nc(-c3ccccc3Cl)cs2)CCN1S(C)(=O)=O. The second-order valence-corrected chi connectivity index (χ2v) is 8.84. The lowest BCUT2D eigenvalue weighted by Gasteiger charge is -2.38. The van der Waals surface area contributed by atoms with Crippen LogP contribution in [0.2, 0.25) is 5.02 Å². The van der Waals surface area contributed by atoms with E-state index in [1.54, 1.807) is 15.6 Å². The molecule has 1 aromatic carbocycles. The van der Waals surface area contributed by atoms with Crippen LogP contribution in [0, 0.1) is 0 Å². The van der Waals surface area contributed by atoms with Gasteiger partial charge in [-0.05, 0) is 13.0 Å². The molecule has 0 unspecified atom stereocenters. The van der Waals surface area contributed by atoms with E-state index >= 15 is 0 Å². The predicted octanol–water partition coefficient (Wildman–Crippen LogP) is 2.93. The Morgan fingerprint density at radius 1 is 1.30 bits per heavy atom. The summed E-state index contributed by atoms with van der Waals surface area (Å²) in [5.74, 6) is 0. The van der Waals surface area contributed by atoms with Gasteiger partial charge >= 0.3 is 0 Å². The normalized spacial score (nSPS) is 20.0. The van der Waals surface area contributed by atoms with E-state index in [1.165, 1.54) is 6.26 Å². The van der Waals surface area contributed by atoms with E-state index < -0.39 is 10.0 Å². The van der Waals surface area contributed by atoms with Gasteiger partial charge in [-0.3, -0.25) is 0 Å². The topological polar surface area (TPSA) is 53.5 Å². The van der Waals surface area contributed by atoms with Crippen molar-refractivity contribution in [1.29, 1.82) is 0 Å². The molecule has 5 nitrogen and oxygen atoms in total. The quantitative estimate of drug-likeness (QED) is 0.832. The van der Waals surface area contributed by atoms with Gasteiger partial charge < -0.3 is 4.90 Å². The van der Waals surface area contributed by atoms with Crippen molar-refractivity contribution in [2.75, 3.05) is 30.8 Å². The van der Waals surface area contributed by atoms with Gasteiger partial charge in [-0.1, -0.05) is 29.8 Å². The summed E-state index contributed by atoms with van der Waals surface area (Å²) in [6.07, 6.45) is 1.26. The molecule has 0 bridgehead atoms. The molecule has 0 N–H and O–H groups in total. The second kappa shape index (κ2) is 6.39. The molecule has 0 aliphatic carbocycles. The smallest absolute Gasteiger partial charge is 0.211 e. The molecule has 1 aliphatic heterocycles. The number of piperazine rings is 1. The molecule has 2 aromatic rings. The largest absolute Gasteiger partial charge is 0.345 e. The average molecular weight is 372 g/mol. The third kappa shape index (κ3) is 3.52. The van der Waals surface area contributed by atoms with Gasteiger partial charge in [0, 0.05) is 41.6 Å². The Bertz CT molecular complexity index is 807. The predicted molar refractivity (Wildman–Crippen MR) is 95.8 cm³/mol. The summed E-state index contributed by atoms with van der Waals surface area (Å²) >= 11 is 7.78. The Hall–Kier alpha value is -1.15. The van der Waals surface area contributed by atoms with Crippen LogP contribution in [0.25, 0.3) is 11.3 Å². The highest BCUT2D eigenvalue weighted by Gasteiger charge is 2.30. The van der Waals surface area contributed by atoms with Gasteiger partial charge in [-0.25, -0.2) is 13.4 Å². The highest BCUT2D eigenvalue weighted by Crippen LogP contribution is 2.32. The highest BCUT2D eigenvalue weighted by molar-refractivity contribution is 7.88. The third-order valence-corrected chi connectivity index (χ3v) is 6.53. The summed E-state index contributed by atoms with van der Waals surface area (Å²) in [5, 5.41) is 3.57. The van der Waals surface area contributed by atoms with Gasteiger partial charge in [0.2, 0.25) is 10.0 Å². The Labute approximate surface area is 145 Å². The van der Waals surface area contributed by atoms with Crippen molar-refractivity contribution >= 4 is 38.1 Å². The molecule has 0 amide bonds. The van der Waals surface area contributed by atoms with Crippen molar-refractivity contribution in [3.8, 4) is 11.3 Å². The van der Waals surface area contributed by atoms with Crippen LogP contribution in [0.15, 0.2) is 29.6 Å². The maximum Gasteiger partial charge on any atom is 0.211 e. The molecule has 124 valence electrons. The fraction of sp³-hybridized carbons (Fsp3) is 0.400. The molecular weight excluding hydrogens is 354 g/mol. The number of benzene rings is 1. The van der Waals surface area contributed by atoms with E-state index in [0.29, 0.717) is 24.7 Å². The monoisotopic (exact) mass is 371 g/mol. The van der Waals surface area contributed by atoms with Gasteiger partial charge in [0.15, 0.2) is 5.13 Å². The molecule has 3 rings (SSSR count). The van der Waals surface area contributed by atoms with Crippen molar-refractivity contribution < 1.29 is 8.42 Å². The zero-order valence-electron chi connectivity index (χ0n) is 12.9. The summed E-state index contributed by atoms with van der Waals surface area (Å²) in [4.78, 5) is 6.81. The molecular formula is C15H18ClN3O2S2. The lowest BCUT2D eigenvalue weighted by atomic mass is 10.2. The molecule has 1 atom stereocenters. The minimum Gasteiger partial charge on any atom is -0.345 e. The summed E-state index contributed by atoms with van der Waals surface area (Å²) < 4.78 is 25.0. The Balaban J connectivity index is 1.79. The zero-order valence-corrected chi connectivity index (χ0v) is 15.3. The molecule has 23 heavy (non-hydrogen) atoms. The summed E-state index contributed by atoms with van der Waals surface area (Å²) in [6.45, 7) is 3.70. The summed E-state index contributed by atoms with van der Waals surface area (Å²) in [7, 11) is -3.15. The standard InChI is InChI=1S/C15H18ClN3O2S2/c1-11-9-18(7-8-19(11)23(2,20)21)15-17-14(10-22-15)12-5-3-4-6-13(12)16/h3-6,10-11H,7-9H2,1-2H3/t11-/m0/s1. The molecule has 0 spiro atoms. The number of sulfonamides is 1. The number of rotatable bonds is 3. The summed E-state index contributed by atoms with van der Waals surface area (Å²) in [5.41, 5.74) is 1.77. The van der Waals surface area contributed by atoms with Crippen LogP contribution in [0.4, 0.5) is 5.13 Å². The number of halogens is 1. The van der Waals surface area contributed by atoms with Crippen LogP contribution in [-0.2, 0) is 10.0 Å². The molecule has 1 saturated heterocycles. The fourth-order valence-electron chi connectivity index (χ4n) is 2.81. The maximum atomic E-state index is 11.7. The van der Waals surface area contributed by atoms with Crippen LogP contribution < -0.4 is 4.90 Å². The van der Waals surface area contributed by atoms with Crippen molar-refractivity contribution in [1.82, 2.24) is 9.29 Å². The van der Waals surface area contributed by atoms with E-state index in [2.05, 4.69) is 9.88 Å². The number of nitrogens with zero attached hydrogens (tertiary/aromatic N) is 3. The first-order chi connectivity index (χ1) is 10.9. The van der Waals surface area contributed by atoms with E-state index in [-0.39, 0.29) is 6.04 Å². The Kier molecular flexibility index (Phi) is 4.64. The molecule has 1 aliphatic rings. The van der Waals surface area contributed by atoms with E-state index in [1.807, 2.05) is 36.6 Å². The number of aromatic nitrogens is 1. The van der Waals surface area contributed by atoms with Crippen LogP contribution >= 0.6 is 22.9 Å². The molecule has 0 radical (unpaired) electrons. The van der Waals surface area contributed by atoms with E-state index in [0.717, 1.165) is 16.4 Å². The van der Waals surface area contributed by atoms with Crippen LogP contribution in [0.3, 0.4) is 0 Å². The van der Waals surface area contributed by atoms with Crippen molar-refractivity contribution in [3.63, 3.8) is 0 Å². The lowest BCUT2D eigenvalue weighted by Crippen LogP contribution is -2.53. The first-order valence-corrected chi connectivity index (χ1v) is 10.4. The zero-order chi connectivity index (χ0) is 16.6. The van der Waals surface area contributed by atoms with Crippen molar-refractivity contribution in [2.45, 2.75) is 13.0 Å². The summed E-state index contributed by atoms with van der Waals surface area (Å²) in [6, 6.07) is 7.57. The van der Waals surface area contributed by atoms with Crippen LogP contribution in [0.1, 0.15) is 6.92 Å².